The molecule has 1 saturated carbocycles. The van der Waals surface area contributed by atoms with E-state index in [0.29, 0.717) is 28.3 Å². The van der Waals surface area contributed by atoms with Gasteiger partial charge < -0.3 is 10.7 Å². The van der Waals surface area contributed by atoms with Crippen LogP contribution < -0.4 is 16.6 Å². The van der Waals surface area contributed by atoms with E-state index in [2.05, 4.69) is 20.7 Å². The van der Waals surface area contributed by atoms with Crippen molar-refractivity contribution < 1.29 is 4.39 Å². The Bertz CT molecular complexity index is 645. The number of nitrogens with two attached hydrogens (primary N) is 1. The first kappa shape index (κ1) is 13.1. The van der Waals surface area contributed by atoms with Crippen LogP contribution in [0.4, 0.5) is 21.7 Å². The summed E-state index contributed by atoms with van der Waals surface area (Å²) in [4.78, 5) is 8.74. The lowest BCUT2D eigenvalue weighted by Crippen LogP contribution is -2.11. The first-order chi connectivity index (χ1) is 9.65. The summed E-state index contributed by atoms with van der Waals surface area (Å²) in [5.74, 6) is 7.27. The van der Waals surface area contributed by atoms with Crippen molar-refractivity contribution in [3.05, 3.63) is 40.9 Å². The molecular weight excluding hydrogens is 281 g/mol. The van der Waals surface area contributed by atoms with E-state index >= 15 is 0 Å². The van der Waals surface area contributed by atoms with Crippen LogP contribution in [-0.4, -0.2) is 9.97 Å². The largest absolute Gasteiger partial charge is 0.339 e. The maximum atomic E-state index is 13.0. The number of nitrogens with zero attached hydrogens (tertiary/aromatic N) is 2. The molecule has 0 radical (unpaired) electrons. The predicted molar refractivity (Wildman–Crippen MR) is 76.5 cm³/mol. The van der Waals surface area contributed by atoms with E-state index in [0.717, 1.165) is 18.7 Å². The van der Waals surface area contributed by atoms with Gasteiger partial charge in [-0.15, -0.1) is 0 Å². The lowest BCUT2D eigenvalue weighted by atomic mass is 10.3. The summed E-state index contributed by atoms with van der Waals surface area (Å²) in [6.07, 6.45) is 2.18. The van der Waals surface area contributed by atoms with Gasteiger partial charge in [-0.1, -0.05) is 11.6 Å². The van der Waals surface area contributed by atoms with Gasteiger partial charge in [-0.05, 0) is 31.0 Å². The minimum atomic E-state index is -0.383. The number of hydrogen-bond acceptors (Lipinski definition) is 5. The summed E-state index contributed by atoms with van der Waals surface area (Å²) >= 11 is 5.98. The van der Waals surface area contributed by atoms with Gasteiger partial charge in [0.2, 0.25) is 0 Å². The van der Waals surface area contributed by atoms with Gasteiger partial charge in [0.25, 0.3) is 0 Å². The van der Waals surface area contributed by atoms with Crippen molar-refractivity contribution in [3.8, 4) is 0 Å². The molecule has 0 amide bonds. The Kier molecular flexibility index (Phi) is 3.42. The van der Waals surface area contributed by atoms with E-state index < -0.39 is 0 Å². The van der Waals surface area contributed by atoms with Gasteiger partial charge in [-0.3, -0.25) is 0 Å². The lowest BCUT2D eigenvalue weighted by molar-refractivity contribution is 0.628. The SMILES string of the molecule is NNc1cc(Nc2ccc(F)cc2Cl)nc(C2CC2)n1. The van der Waals surface area contributed by atoms with E-state index in [1.54, 1.807) is 12.1 Å². The summed E-state index contributed by atoms with van der Waals surface area (Å²) in [5, 5.41) is 3.34. The number of nitrogen functional groups attached to an aromatic ring is 1. The summed E-state index contributed by atoms with van der Waals surface area (Å²) in [6, 6.07) is 5.81. The maximum Gasteiger partial charge on any atom is 0.145 e. The third-order valence-electron chi connectivity index (χ3n) is 3.03. The minimum Gasteiger partial charge on any atom is -0.339 e. The molecule has 0 unspecified atom stereocenters. The summed E-state index contributed by atoms with van der Waals surface area (Å²) in [7, 11) is 0. The fraction of sp³-hybridized carbons (Fsp3) is 0.231. The van der Waals surface area contributed by atoms with Gasteiger partial charge in [0, 0.05) is 12.0 Å². The summed E-state index contributed by atoms with van der Waals surface area (Å²) in [6.45, 7) is 0. The number of hydrazine groups is 1. The van der Waals surface area contributed by atoms with Crippen LogP contribution in [0, 0.1) is 5.82 Å². The first-order valence-electron chi connectivity index (χ1n) is 6.23. The number of halogens is 2. The van der Waals surface area contributed by atoms with Gasteiger partial charge in [-0.2, -0.15) is 0 Å². The molecule has 0 spiro atoms. The van der Waals surface area contributed by atoms with E-state index in [1.807, 2.05) is 0 Å². The Balaban J connectivity index is 1.91. The number of hydrogen-bond donors (Lipinski definition) is 3. The van der Waals surface area contributed by atoms with E-state index in [9.17, 15) is 4.39 Å². The molecule has 1 fully saturated rings. The van der Waals surface area contributed by atoms with E-state index in [1.165, 1.54) is 12.1 Å². The highest BCUT2D eigenvalue weighted by atomic mass is 35.5. The first-order valence-corrected chi connectivity index (χ1v) is 6.61. The number of rotatable bonds is 4. The van der Waals surface area contributed by atoms with Crippen molar-refractivity contribution in [2.75, 3.05) is 10.7 Å². The molecule has 0 saturated heterocycles. The predicted octanol–water partition coefficient (Wildman–Crippen LogP) is 3.18. The highest BCUT2D eigenvalue weighted by molar-refractivity contribution is 6.33. The molecule has 104 valence electrons. The van der Waals surface area contributed by atoms with Gasteiger partial charge in [0.05, 0.1) is 10.7 Å². The highest BCUT2D eigenvalue weighted by Gasteiger charge is 2.27. The molecule has 7 heteroatoms. The zero-order valence-electron chi connectivity index (χ0n) is 10.5. The number of nitrogens with one attached hydrogen (secondary N) is 2. The second kappa shape index (κ2) is 5.22. The molecule has 0 atom stereocenters. The van der Waals surface area contributed by atoms with Crippen molar-refractivity contribution in [2.24, 2.45) is 5.84 Å². The molecule has 1 aliphatic rings. The molecule has 5 nitrogen and oxygen atoms in total. The third-order valence-corrected chi connectivity index (χ3v) is 3.34. The molecule has 0 bridgehead atoms. The molecule has 0 aliphatic heterocycles. The maximum absolute atomic E-state index is 13.0. The molecule has 1 heterocycles. The molecule has 1 aromatic carbocycles. The van der Waals surface area contributed by atoms with Gasteiger partial charge in [0.1, 0.15) is 23.3 Å². The number of aromatic nitrogens is 2. The van der Waals surface area contributed by atoms with Gasteiger partial charge in [-0.25, -0.2) is 20.2 Å². The van der Waals surface area contributed by atoms with E-state index in [-0.39, 0.29) is 5.82 Å². The van der Waals surface area contributed by atoms with Crippen LogP contribution in [0.3, 0.4) is 0 Å². The number of anilines is 3. The van der Waals surface area contributed by atoms with E-state index in [4.69, 9.17) is 17.4 Å². The van der Waals surface area contributed by atoms with Crippen LogP contribution in [0.2, 0.25) is 5.02 Å². The van der Waals surface area contributed by atoms with Crippen LogP contribution in [-0.2, 0) is 0 Å². The van der Waals surface area contributed by atoms with Crippen LogP contribution in [0.15, 0.2) is 24.3 Å². The third kappa shape index (κ3) is 2.81. The van der Waals surface area contributed by atoms with Crippen LogP contribution >= 0.6 is 11.6 Å². The second-order valence-electron chi connectivity index (χ2n) is 4.66. The summed E-state index contributed by atoms with van der Waals surface area (Å²) in [5.41, 5.74) is 3.10. The Morgan fingerprint density at radius 2 is 1.95 bits per heavy atom. The molecule has 3 rings (SSSR count). The molecule has 2 aromatic rings. The fourth-order valence-corrected chi connectivity index (χ4v) is 2.07. The topological polar surface area (TPSA) is 75.9 Å². The lowest BCUT2D eigenvalue weighted by Gasteiger charge is -2.10. The standard InChI is InChI=1S/C13H13ClFN5/c14-9-5-8(15)3-4-10(9)17-11-6-12(20-16)19-13(18-11)7-1-2-7/h3-7H,1-2,16H2,(H2,17,18,19,20). The van der Waals surface area contributed by atoms with Gasteiger partial charge >= 0.3 is 0 Å². The van der Waals surface area contributed by atoms with Crippen LogP contribution in [0.5, 0.6) is 0 Å². The number of benzene rings is 1. The van der Waals surface area contributed by atoms with Gasteiger partial charge in [0.15, 0.2) is 0 Å². The molecule has 20 heavy (non-hydrogen) atoms. The monoisotopic (exact) mass is 293 g/mol. The average Bonchev–Trinajstić information content (AvgIpc) is 3.26. The van der Waals surface area contributed by atoms with Crippen molar-refractivity contribution in [2.45, 2.75) is 18.8 Å². The van der Waals surface area contributed by atoms with Crippen molar-refractivity contribution in [3.63, 3.8) is 0 Å². The van der Waals surface area contributed by atoms with Crippen molar-refractivity contribution >= 4 is 28.9 Å². The molecule has 4 N–H and O–H groups in total. The smallest absolute Gasteiger partial charge is 0.145 e. The van der Waals surface area contributed by atoms with Crippen LogP contribution in [0.25, 0.3) is 0 Å². The second-order valence-corrected chi connectivity index (χ2v) is 5.07. The minimum absolute atomic E-state index is 0.291. The quantitative estimate of drug-likeness (QED) is 0.596. The zero-order chi connectivity index (χ0) is 14.1. The Morgan fingerprint density at radius 3 is 2.60 bits per heavy atom. The highest BCUT2D eigenvalue weighted by Crippen LogP contribution is 2.39. The Labute approximate surface area is 120 Å². The molecular formula is C13H13ClFN5. The van der Waals surface area contributed by atoms with Crippen molar-refractivity contribution in [1.29, 1.82) is 0 Å². The average molecular weight is 294 g/mol. The van der Waals surface area contributed by atoms with Crippen molar-refractivity contribution in [1.82, 2.24) is 9.97 Å². The fourth-order valence-electron chi connectivity index (χ4n) is 1.86. The van der Waals surface area contributed by atoms with Crippen LogP contribution in [0.1, 0.15) is 24.6 Å². The molecule has 1 aromatic heterocycles. The summed E-state index contributed by atoms with van der Waals surface area (Å²) < 4.78 is 13.0. The molecule has 1 aliphatic carbocycles. The zero-order valence-corrected chi connectivity index (χ0v) is 11.3. The normalized spacial score (nSPS) is 14.2. The Hall–Kier alpha value is -1.92. The Morgan fingerprint density at radius 1 is 1.20 bits per heavy atom.